The highest BCUT2D eigenvalue weighted by molar-refractivity contribution is 5.79. The van der Waals surface area contributed by atoms with E-state index in [9.17, 15) is 14.9 Å². The predicted molar refractivity (Wildman–Crippen MR) is 47.6 cm³/mol. The van der Waals surface area contributed by atoms with Gasteiger partial charge in [0.2, 0.25) is 6.41 Å². The molecule has 0 aliphatic carbocycles. The molecule has 13 heavy (non-hydrogen) atoms. The lowest BCUT2D eigenvalue weighted by atomic mass is 10.2. The minimum absolute atomic E-state index is 0.0721. The number of hydrogen-bond acceptors (Lipinski definition) is 3. The van der Waals surface area contributed by atoms with E-state index in [1.165, 1.54) is 19.2 Å². The van der Waals surface area contributed by atoms with Crippen LogP contribution in [0, 0.1) is 10.1 Å². The van der Waals surface area contributed by atoms with Crippen LogP contribution in [0.4, 0.5) is 11.4 Å². The number of anilines is 1. The van der Waals surface area contributed by atoms with Crippen LogP contribution in [0.1, 0.15) is 0 Å². The van der Waals surface area contributed by atoms with Crippen molar-refractivity contribution in [1.82, 2.24) is 0 Å². The van der Waals surface area contributed by atoms with Crippen molar-refractivity contribution in [2.24, 2.45) is 0 Å². The van der Waals surface area contributed by atoms with Gasteiger partial charge in [-0.3, -0.25) is 14.9 Å². The third-order valence-electron chi connectivity index (χ3n) is 1.62. The molecular weight excluding hydrogens is 171 g/mol. The normalized spacial score (nSPS) is 9.31. The van der Waals surface area contributed by atoms with E-state index in [1.807, 2.05) is 0 Å². The Morgan fingerprint density at radius 3 is 2.62 bits per heavy atom. The summed E-state index contributed by atoms with van der Waals surface area (Å²) in [6, 6.07) is 6.07. The zero-order valence-electron chi connectivity index (χ0n) is 7.01. The summed E-state index contributed by atoms with van der Waals surface area (Å²) < 4.78 is 0. The largest absolute Gasteiger partial charge is 0.312 e. The van der Waals surface area contributed by atoms with Gasteiger partial charge in [-0.25, -0.2) is 0 Å². The highest BCUT2D eigenvalue weighted by Crippen LogP contribution is 2.25. The van der Waals surface area contributed by atoms with Crippen LogP contribution in [0.15, 0.2) is 24.3 Å². The zero-order chi connectivity index (χ0) is 9.84. The van der Waals surface area contributed by atoms with E-state index in [0.717, 1.165) is 4.90 Å². The van der Waals surface area contributed by atoms with Gasteiger partial charge in [0.25, 0.3) is 5.69 Å². The second-order valence-corrected chi connectivity index (χ2v) is 2.46. The Morgan fingerprint density at radius 1 is 1.46 bits per heavy atom. The Balaban J connectivity index is 3.19. The second-order valence-electron chi connectivity index (χ2n) is 2.46. The molecule has 1 amide bonds. The van der Waals surface area contributed by atoms with E-state index >= 15 is 0 Å². The second kappa shape index (κ2) is 3.66. The van der Waals surface area contributed by atoms with Crippen molar-refractivity contribution >= 4 is 17.8 Å². The summed E-state index contributed by atoms with van der Waals surface area (Å²) >= 11 is 0. The van der Waals surface area contributed by atoms with Gasteiger partial charge in [0.1, 0.15) is 5.69 Å². The maximum absolute atomic E-state index is 10.5. The molecule has 0 atom stereocenters. The lowest BCUT2D eigenvalue weighted by molar-refractivity contribution is -0.384. The van der Waals surface area contributed by atoms with E-state index in [4.69, 9.17) is 0 Å². The molecule has 0 heterocycles. The molecular formula is C8H8N2O3. The van der Waals surface area contributed by atoms with Gasteiger partial charge in [-0.15, -0.1) is 0 Å². The van der Waals surface area contributed by atoms with E-state index < -0.39 is 4.92 Å². The number of amides is 1. The van der Waals surface area contributed by atoms with Crippen molar-refractivity contribution in [2.45, 2.75) is 0 Å². The van der Waals surface area contributed by atoms with Crippen LogP contribution in [0.3, 0.4) is 0 Å². The number of hydrogen-bond donors (Lipinski definition) is 0. The predicted octanol–water partition coefficient (Wildman–Crippen LogP) is 1.19. The maximum Gasteiger partial charge on any atom is 0.292 e. The number of rotatable bonds is 3. The highest BCUT2D eigenvalue weighted by atomic mass is 16.6. The van der Waals surface area contributed by atoms with Gasteiger partial charge < -0.3 is 4.90 Å². The smallest absolute Gasteiger partial charge is 0.292 e. The Labute approximate surface area is 74.7 Å². The van der Waals surface area contributed by atoms with Gasteiger partial charge in [0.15, 0.2) is 0 Å². The van der Waals surface area contributed by atoms with Gasteiger partial charge in [-0.1, -0.05) is 12.1 Å². The van der Waals surface area contributed by atoms with E-state index in [1.54, 1.807) is 12.1 Å². The fraction of sp³-hybridized carbons (Fsp3) is 0.125. The first-order valence-corrected chi connectivity index (χ1v) is 3.58. The summed E-state index contributed by atoms with van der Waals surface area (Å²) in [6.45, 7) is 0. The van der Waals surface area contributed by atoms with Crippen molar-refractivity contribution in [2.75, 3.05) is 11.9 Å². The van der Waals surface area contributed by atoms with E-state index in [2.05, 4.69) is 0 Å². The van der Waals surface area contributed by atoms with Crippen LogP contribution in [-0.2, 0) is 4.79 Å². The number of para-hydroxylation sites is 2. The van der Waals surface area contributed by atoms with Gasteiger partial charge in [0.05, 0.1) is 4.92 Å². The lowest BCUT2D eigenvalue weighted by Gasteiger charge is -2.09. The molecule has 0 N–H and O–H groups in total. The summed E-state index contributed by atoms with van der Waals surface area (Å²) in [5.41, 5.74) is 0.222. The first-order chi connectivity index (χ1) is 6.16. The summed E-state index contributed by atoms with van der Waals surface area (Å²) in [5.74, 6) is 0. The number of nitro groups is 1. The lowest BCUT2D eigenvalue weighted by Crippen LogP contribution is -2.15. The molecule has 0 saturated carbocycles. The molecule has 0 unspecified atom stereocenters. The summed E-state index contributed by atoms with van der Waals surface area (Å²) in [4.78, 5) is 21.5. The zero-order valence-corrected chi connectivity index (χ0v) is 7.01. The first kappa shape index (κ1) is 9.18. The summed E-state index contributed by atoms with van der Waals surface area (Å²) in [6.07, 6.45) is 0.530. The minimum Gasteiger partial charge on any atom is -0.312 e. The van der Waals surface area contributed by atoms with Crippen LogP contribution in [0.25, 0.3) is 0 Å². The SMILES string of the molecule is [11CH3]N(C=O)c1ccccc1[N+](=O)[O-]. The molecule has 0 aliphatic rings. The molecule has 5 heteroatoms. The molecule has 0 radical (unpaired) electrons. The molecule has 0 fully saturated rings. The molecule has 1 rings (SSSR count). The molecule has 0 aliphatic heterocycles. The van der Waals surface area contributed by atoms with Crippen LogP contribution >= 0.6 is 0 Å². The van der Waals surface area contributed by atoms with Gasteiger partial charge in [0, 0.05) is 13.1 Å². The molecule has 0 aromatic heterocycles. The molecule has 5 nitrogen and oxygen atoms in total. The third-order valence-corrected chi connectivity index (χ3v) is 1.62. The van der Waals surface area contributed by atoms with Crippen LogP contribution in [0.5, 0.6) is 0 Å². The Kier molecular flexibility index (Phi) is 2.59. The number of nitrogens with zero attached hydrogens (tertiary/aromatic N) is 2. The Bertz CT molecular complexity index is 338. The Hall–Kier alpha value is -1.91. The van der Waals surface area contributed by atoms with E-state index in [0.29, 0.717) is 12.1 Å². The van der Waals surface area contributed by atoms with Crippen molar-refractivity contribution in [3.05, 3.63) is 34.4 Å². The van der Waals surface area contributed by atoms with Crippen molar-refractivity contribution < 1.29 is 9.72 Å². The standard InChI is InChI=1S/C8H8N2O3/c1-9(6-11)7-4-2-3-5-8(7)10(12)13/h2-6H,1H3/i1-1. The topological polar surface area (TPSA) is 63.5 Å². The van der Waals surface area contributed by atoms with Gasteiger partial charge in [-0.05, 0) is 6.07 Å². The maximum atomic E-state index is 10.5. The fourth-order valence-corrected chi connectivity index (χ4v) is 0.974. The summed E-state index contributed by atoms with van der Waals surface area (Å²) in [5, 5.41) is 10.5. The minimum atomic E-state index is -0.519. The van der Waals surface area contributed by atoms with Crippen molar-refractivity contribution in [1.29, 1.82) is 0 Å². The fourth-order valence-electron chi connectivity index (χ4n) is 0.974. The number of carbonyl (C=O) groups excluding carboxylic acids is 1. The monoisotopic (exact) mass is 179 g/mol. The van der Waals surface area contributed by atoms with Crippen LogP contribution in [0.2, 0.25) is 0 Å². The Morgan fingerprint density at radius 2 is 2.08 bits per heavy atom. The average molecular weight is 179 g/mol. The van der Waals surface area contributed by atoms with Crippen LogP contribution < -0.4 is 4.90 Å². The van der Waals surface area contributed by atoms with Gasteiger partial charge >= 0.3 is 0 Å². The molecule has 1 aromatic rings. The van der Waals surface area contributed by atoms with Gasteiger partial charge in [-0.2, -0.15) is 0 Å². The summed E-state index contributed by atoms with van der Waals surface area (Å²) in [7, 11) is 1.47. The quantitative estimate of drug-likeness (QED) is 0.397. The van der Waals surface area contributed by atoms with E-state index in [-0.39, 0.29) is 5.69 Å². The molecule has 1 aromatic carbocycles. The molecule has 0 spiro atoms. The third kappa shape index (κ3) is 1.81. The molecule has 0 bridgehead atoms. The van der Waals surface area contributed by atoms with Crippen molar-refractivity contribution in [3.63, 3.8) is 0 Å². The average Bonchev–Trinajstić information content (AvgIpc) is 2.16. The molecule has 0 saturated heterocycles. The number of carbonyl (C=O) groups is 1. The first-order valence-electron chi connectivity index (χ1n) is 3.58. The van der Waals surface area contributed by atoms with Crippen molar-refractivity contribution in [3.8, 4) is 0 Å². The number of benzene rings is 1. The highest BCUT2D eigenvalue weighted by Gasteiger charge is 2.14. The molecule has 68 valence electrons. The number of nitro benzene ring substituents is 1. The van der Waals surface area contributed by atoms with Crippen LogP contribution in [-0.4, -0.2) is 18.4 Å².